The minimum Gasteiger partial charge on any atom is -0.261 e. The molecular weight excluding hydrogens is 446 g/mol. The largest absolute Gasteiger partial charge is 0.261 e. The fourth-order valence-corrected chi connectivity index (χ4v) is 6.20. The summed E-state index contributed by atoms with van der Waals surface area (Å²) < 4.78 is 0. The van der Waals surface area contributed by atoms with Crippen molar-refractivity contribution in [3.63, 3.8) is 0 Å². The zero-order valence-electron chi connectivity index (χ0n) is 25.3. The molecule has 2 atom stereocenters. The molecule has 0 saturated heterocycles. The van der Waals surface area contributed by atoms with Gasteiger partial charge in [-0.1, -0.05) is 106 Å². The fourth-order valence-electron chi connectivity index (χ4n) is 6.20. The van der Waals surface area contributed by atoms with Gasteiger partial charge in [0.25, 0.3) is 0 Å². The highest BCUT2D eigenvalue weighted by Crippen LogP contribution is 2.34. The van der Waals surface area contributed by atoms with E-state index in [0.717, 1.165) is 25.7 Å². The lowest BCUT2D eigenvalue weighted by molar-refractivity contribution is 0.693. The maximum atomic E-state index is 4.81. The number of hydrogen-bond donors (Lipinski definition) is 0. The molecule has 1 aromatic heterocycles. The van der Waals surface area contributed by atoms with E-state index < -0.39 is 0 Å². The maximum absolute atomic E-state index is 4.81. The number of pyridine rings is 1. The molecule has 3 aromatic rings. The molecular formula is C36H51N. The van der Waals surface area contributed by atoms with Gasteiger partial charge in [0.15, 0.2) is 0 Å². The predicted molar refractivity (Wildman–Crippen MR) is 162 cm³/mol. The van der Waals surface area contributed by atoms with Crippen LogP contribution in [0.4, 0.5) is 0 Å². The minimum absolute atomic E-state index is 0.408. The van der Waals surface area contributed by atoms with E-state index in [9.17, 15) is 0 Å². The second kappa shape index (κ2) is 12.9. The highest BCUT2D eigenvalue weighted by atomic mass is 14.7. The molecule has 200 valence electrons. The molecule has 0 amide bonds. The van der Waals surface area contributed by atoms with Gasteiger partial charge >= 0.3 is 0 Å². The van der Waals surface area contributed by atoms with E-state index in [0.29, 0.717) is 29.6 Å². The van der Waals surface area contributed by atoms with E-state index in [-0.39, 0.29) is 0 Å². The van der Waals surface area contributed by atoms with Crippen molar-refractivity contribution in [2.24, 2.45) is 0 Å². The maximum Gasteiger partial charge on any atom is 0.0469 e. The summed E-state index contributed by atoms with van der Waals surface area (Å²) in [6.07, 6.45) is 6.26. The molecule has 3 rings (SSSR count). The van der Waals surface area contributed by atoms with Gasteiger partial charge in [-0.25, -0.2) is 0 Å². The van der Waals surface area contributed by atoms with E-state index in [1.165, 1.54) is 44.6 Å². The lowest BCUT2D eigenvalue weighted by atomic mass is 9.81. The van der Waals surface area contributed by atoms with Crippen LogP contribution in [0.25, 0.3) is 0 Å². The van der Waals surface area contributed by atoms with Crippen molar-refractivity contribution in [2.45, 2.75) is 125 Å². The Morgan fingerprint density at radius 3 is 1.70 bits per heavy atom. The SMILES string of the molecule is CCc1cc(CC(C)c2ncccc2C(C)C)cc(CC)c1C(C)Cc1ccc(C(C)C)c(C(C)C)c1. The average molecular weight is 498 g/mol. The molecule has 1 heterocycles. The Morgan fingerprint density at radius 1 is 0.595 bits per heavy atom. The van der Waals surface area contributed by atoms with Gasteiger partial charge < -0.3 is 0 Å². The predicted octanol–water partition coefficient (Wildman–Crippen LogP) is 10.3. The Bertz CT molecular complexity index is 1140. The third-order valence-electron chi connectivity index (χ3n) is 8.10. The van der Waals surface area contributed by atoms with Crippen molar-refractivity contribution in [1.29, 1.82) is 0 Å². The first kappa shape index (κ1) is 29.2. The Hall–Kier alpha value is -2.41. The van der Waals surface area contributed by atoms with Gasteiger partial charge in [0.05, 0.1) is 0 Å². The van der Waals surface area contributed by atoms with Crippen LogP contribution in [0.3, 0.4) is 0 Å². The van der Waals surface area contributed by atoms with E-state index in [1.807, 2.05) is 6.20 Å². The molecule has 2 unspecified atom stereocenters. The molecule has 0 N–H and O–H groups in total. The first-order valence-corrected chi connectivity index (χ1v) is 14.8. The topological polar surface area (TPSA) is 12.9 Å². The van der Waals surface area contributed by atoms with Gasteiger partial charge in [-0.15, -0.1) is 0 Å². The lowest BCUT2D eigenvalue weighted by Crippen LogP contribution is -2.11. The first-order valence-electron chi connectivity index (χ1n) is 14.8. The van der Waals surface area contributed by atoms with Crippen LogP contribution in [-0.4, -0.2) is 4.98 Å². The van der Waals surface area contributed by atoms with Crippen LogP contribution in [0.15, 0.2) is 48.7 Å². The molecule has 0 spiro atoms. The summed E-state index contributed by atoms with van der Waals surface area (Å²) in [6.45, 7) is 23.2. The second-order valence-electron chi connectivity index (χ2n) is 12.2. The third-order valence-corrected chi connectivity index (χ3v) is 8.10. The quantitative estimate of drug-likeness (QED) is 0.257. The standard InChI is InChI=1S/C36H51N/c1-11-30-20-29(19-27(10)36-33(24(5)6)14-13-17-37-36)21-31(12-2)35(30)26(9)18-28-15-16-32(23(3)4)34(22-28)25(7)8/h13-17,20-27H,11-12,18-19H2,1-10H3. The lowest BCUT2D eigenvalue weighted by Gasteiger charge is -2.24. The molecule has 1 nitrogen and oxygen atoms in total. The van der Waals surface area contributed by atoms with Crippen molar-refractivity contribution < 1.29 is 0 Å². The number of aromatic nitrogens is 1. The summed E-state index contributed by atoms with van der Waals surface area (Å²) in [6, 6.07) is 16.6. The smallest absolute Gasteiger partial charge is 0.0469 e. The molecule has 2 aromatic carbocycles. The molecule has 0 fully saturated rings. The van der Waals surface area contributed by atoms with Gasteiger partial charge in [0.2, 0.25) is 0 Å². The molecule has 1 heteroatoms. The van der Waals surface area contributed by atoms with E-state index >= 15 is 0 Å². The number of nitrogens with zero attached hydrogens (tertiary/aromatic N) is 1. The molecule has 0 saturated carbocycles. The Balaban J connectivity index is 1.91. The normalized spacial score (nSPS) is 13.5. The molecule has 0 aliphatic heterocycles. The average Bonchev–Trinajstić information content (AvgIpc) is 2.87. The van der Waals surface area contributed by atoms with Crippen LogP contribution in [-0.2, 0) is 25.7 Å². The van der Waals surface area contributed by atoms with Crippen LogP contribution >= 0.6 is 0 Å². The summed E-state index contributed by atoms with van der Waals surface area (Å²) in [5.74, 6) is 2.54. The Morgan fingerprint density at radius 2 is 1.16 bits per heavy atom. The molecule has 0 aliphatic carbocycles. The molecule has 37 heavy (non-hydrogen) atoms. The number of hydrogen-bond acceptors (Lipinski definition) is 1. The molecule has 0 aliphatic rings. The molecule has 0 bridgehead atoms. The van der Waals surface area contributed by atoms with E-state index in [1.54, 1.807) is 5.56 Å². The first-order chi connectivity index (χ1) is 17.6. The highest BCUT2D eigenvalue weighted by molar-refractivity contribution is 5.44. The van der Waals surface area contributed by atoms with Crippen LogP contribution in [0, 0.1) is 0 Å². The third kappa shape index (κ3) is 6.92. The Kier molecular flexibility index (Phi) is 10.2. The van der Waals surface area contributed by atoms with Crippen LogP contribution in [0.5, 0.6) is 0 Å². The zero-order valence-corrected chi connectivity index (χ0v) is 25.3. The summed E-state index contributed by atoms with van der Waals surface area (Å²) in [7, 11) is 0. The van der Waals surface area contributed by atoms with Crippen molar-refractivity contribution in [1.82, 2.24) is 4.98 Å². The van der Waals surface area contributed by atoms with Gasteiger partial charge in [0.1, 0.15) is 0 Å². The van der Waals surface area contributed by atoms with Crippen molar-refractivity contribution >= 4 is 0 Å². The fraction of sp³-hybridized carbons (Fsp3) is 0.528. The van der Waals surface area contributed by atoms with Gasteiger partial charge in [-0.05, 0) is 99.9 Å². The Labute approximate surface area is 228 Å². The summed E-state index contributed by atoms with van der Waals surface area (Å²) in [5.41, 5.74) is 13.2. The van der Waals surface area contributed by atoms with Crippen molar-refractivity contribution in [2.75, 3.05) is 0 Å². The summed E-state index contributed by atoms with van der Waals surface area (Å²) in [5, 5.41) is 0. The summed E-state index contributed by atoms with van der Waals surface area (Å²) in [4.78, 5) is 4.81. The number of aryl methyl sites for hydroxylation is 2. The van der Waals surface area contributed by atoms with Crippen LogP contribution in [0.1, 0.15) is 149 Å². The van der Waals surface area contributed by atoms with Gasteiger partial charge in [0, 0.05) is 17.8 Å². The van der Waals surface area contributed by atoms with Crippen molar-refractivity contribution in [3.05, 3.63) is 98.9 Å². The minimum atomic E-state index is 0.408. The monoisotopic (exact) mass is 497 g/mol. The summed E-state index contributed by atoms with van der Waals surface area (Å²) >= 11 is 0. The highest BCUT2D eigenvalue weighted by Gasteiger charge is 2.20. The second-order valence-corrected chi connectivity index (χ2v) is 12.2. The zero-order chi connectivity index (χ0) is 27.3. The number of benzene rings is 2. The van der Waals surface area contributed by atoms with E-state index in [4.69, 9.17) is 4.98 Å². The van der Waals surface area contributed by atoms with Gasteiger partial charge in [-0.2, -0.15) is 0 Å². The van der Waals surface area contributed by atoms with E-state index in [2.05, 4.69) is 112 Å². The van der Waals surface area contributed by atoms with Crippen LogP contribution < -0.4 is 0 Å². The number of rotatable bonds is 11. The van der Waals surface area contributed by atoms with Crippen LogP contribution in [0.2, 0.25) is 0 Å². The van der Waals surface area contributed by atoms with Gasteiger partial charge in [-0.3, -0.25) is 4.98 Å². The molecule has 0 radical (unpaired) electrons. The van der Waals surface area contributed by atoms with Crippen molar-refractivity contribution in [3.8, 4) is 0 Å².